The first-order valence-electron chi connectivity index (χ1n) is 3.09. The average Bonchev–Trinajstić information content (AvgIpc) is 1.89. The van der Waals surface area contributed by atoms with Crippen LogP contribution in [-0.4, -0.2) is 6.29 Å². The molecule has 0 aromatic carbocycles. The van der Waals surface area contributed by atoms with E-state index in [1.165, 1.54) is 11.6 Å². The van der Waals surface area contributed by atoms with E-state index in [0.29, 0.717) is 0 Å². The first kappa shape index (κ1) is 8.15. The first-order valence-corrected chi connectivity index (χ1v) is 3.09. The lowest BCUT2D eigenvalue weighted by Gasteiger charge is -1.86. The number of carbonyl (C=O) groups is 1. The molecule has 0 bridgehead atoms. The van der Waals surface area contributed by atoms with Crippen LogP contribution in [0.1, 0.15) is 20.3 Å². The Hall–Kier alpha value is -0.850. The summed E-state index contributed by atoms with van der Waals surface area (Å²) < 4.78 is 0. The number of carbonyl (C=O) groups excluding carboxylic acids is 1. The summed E-state index contributed by atoms with van der Waals surface area (Å²) in [5.41, 5.74) is 1.29. The number of allylic oxidation sites excluding steroid dienone is 4. The Morgan fingerprint density at radius 2 is 2.11 bits per heavy atom. The molecular weight excluding hydrogens is 112 g/mol. The minimum absolute atomic E-state index is 0.777. The van der Waals surface area contributed by atoms with E-state index in [1.54, 1.807) is 6.08 Å². The lowest BCUT2D eigenvalue weighted by molar-refractivity contribution is -0.104. The van der Waals surface area contributed by atoms with Crippen LogP contribution in [0.4, 0.5) is 0 Å². The third-order valence-corrected chi connectivity index (χ3v) is 1.13. The zero-order chi connectivity index (χ0) is 7.11. The smallest absolute Gasteiger partial charge is 0.142 e. The molecule has 0 aliphatic heterocycles. The predicted octanol–water partition coefficient (Wildman–Crippen LogP) is 2.10. The molecule has 0 amide bonds. The molecule has 0 aromatic rings. The van der Waals surface area contributed by atoms with Crippen molar-refractivity contribution in [2.24, 2.45) is 0 Å². The van der Waals surface area contributed by atoms with Gasteiger partial charge in [-0.3, -0.25) is 4.79 Å². The van der Waals surface area contributed by atoms with E-state index >= 15 is 0 Å². The number of hydrogen-bond donors (Lipinski definition) is 0. The Bertz CT molecular complexity index is 132. The van der Waals surface area contributed by atoms with Gasteiger partial charge in [-0.1, -0.05) is 24.6 Å². The van der Waals surface area contributed by atoms with Gasteiger partial charge in [0.05, 0.1) is 0 Å². The normalized spacial score (nSPS) is 12.4. The van der Waals surface area contributed by atoms with E-state index in [4.69, 9.17) is 0 Å². The molecule has 0 unspecified atom stereocenters. The van der Waals surface area contributed by atoms with Crippen LogP contribution < -0.4 is 0 Å². The fourth-order valence-corrected chi connectivity index (χ4v) is 0.383. The average molecular weight is 124 g/mol. The molecule has 0 fully saturated rings. The van der Waals surface area contributed by atoms with Gasteiger partial charge in [0.15, 0.2) is 0 Å². The fourth-order valence-electron chi connectivity index (χ4n) is 0.383. The van der Waals surface area contributed by atoms with Crippen LogP contribution >= 0.6 is 0 Å². The second-order valence-corrected chi connectivity index (χ2v) is 1.89. The van der Waals surface area contributed by atoms with Gasteiger partial charge in [0.25, 0.3) is 0 Å². The van der Waals surface area contributed by atoms with E-state index in [9.17, 15) is 4.79 Å². The standard InChI is InChI=1S/C8H12O/c1-3-8(2)6-4-5-7-9/h4-7H,3H2,1-2H3/b5-4+,8-6+. The third kappa shape index (κ3) is 5.01. The van der Waals surface area contributed by atoms with Gasteiger partial charge in [0.2, 0.25) is 0 Å². The highest BCUT2D eigenvalue weighted by Gasteiger charge is 1.76. The van der Waals surface area contributed by atoms with Crippen LogP contribution in [0.25, 0.3) is 0 Å². The monoisotopic (exact) mass is 124 g/mol. The van der Waals surface area contributed by atoms with Crippen molar-refractivity contribution in [2.45, 2.75) is 20.3 Å². The molecule has 0 rings (SSSR count). The number of aldehydes is 1. The Kier molecular flexibility index (Phi) is 4.79. The quantitative estimate of drug-likeness (QED) is 0.320. The van der Waals surface area contributed by atoms with Gasteiger partial charge in [-0.15, -0.1) is 0 Å². The highest BCUT2D eigenvalue weighted by molar-refractivity contribution is 5.65. The van der Waals surface area contributed by atoms with Crippen LogP contribution in [0.15, 0.2) is 23.8 Å². The maximum atomic E-state index is 9.76. The van der Waals surface area contributed by atoms with E-state index < -0.39 is 0 Å². The number of rotatable bonds is 3. The van der Waals surface area contributed by atoms with Gasteiger partial charge in [0.1, 0.15) is 6.29 Å². The van der Waals surface area contributed by atoms with Crippen molar-refractivity contribution in [3.8, 4) is 0 Å². The van der Waals surface area contributed by atoms with E-state index in [1.807, 2.05) is 13.0 Å². The van der Waals surface area contributed by atoms with Gasteiger partial charge in [-0.25, -0.2) is 0 Å². The lowest BCUT2D eigenvalue weighted by atomic mass is 10.2. The van der Waals surface area contributed by atoms with Gasteiger partial charge in [-0.05, 0) is 19.4 Å². The van der Waals surface area contributed by atoms with Crippen molar-refractivity contribution in [3.63, 3.8) is 0 Å². The van der Waals surface area contributed by atoms with Gasteiger partial charge in [0, 0.05) is 0 Å². The Morgan fingerprint density at radius 3 is 2.56 bits per heavy atom. The molecule has 0 N–H and O–H groups in total. The Morgan fingerprint density at radius 1 is 1.44 bits per heavy atom. The van der Waals surface area contributed by atoms with E-state index in [2.05, 4.69) is 6.92 Å². The second-order valence-electron chi connectivity index (χ2n) is 1.89. The van der Waals surface area contributed by atoms with Crippen molar-refractivity contribution in [3.05, 3.63) is 23.8 Å². The molecule has 0 radical (unpaired) electrons. The molecule has 1 heteroatoms. The summed E-state index contributed by atoms with van der Waals surface area (Å²) in [5.74, 6) is 0. The summed E-state index contributed by atoms with van der Waals surface area (Å²) >= 11 is 0. The van der Waals surface area contributed by atoms with Crippen molar-refractivity contribution in [1.82, 2.24) is 0 Å². The maximum absolute atomic E-state index is 9.76. The van der Waals surface area contributed by atoms with Crippen LogP contribution in [0.3, 0.4) is 0 Å². The largest absolute Gasteiger partial charge is 0.299 e. The fraction of sp³-hybridized carbons (Fsp3) is 0.375. The Labute approximate surface area is 56.1 Å². The molecule has 0 aromatic heterocycles. The molecular formula is C8H12O. The highest BCUT2D eigenvalue weighted by atomic mass is 16.1. The topological polar surface area (TPSA) is 17.1 Å². The van der Waals surface area contributed by atoms with Crippen LogP contribution in [0.5, 0.6) is 0 Å². The molecule has 0 saturated carbocycles. The third-order valence-electron chi connectivity index (χ3n) is 1.13. The van der Waals surface area contributed by atoms with Gasteiger partial charge in [-0.2, -0.15) is 0 Å². The summed E-state index contributed by atoms with van der Waals surface area (Å²) in [7, 11) is 0. The van der Waals surface area contributed by atoms with Crippen molar-refractivity contribution < 1.29 is 4.79 Å². The summed E-state index contributed by atoms with van der Waals surface area (Å²) in [4.78, 5) is 9.76. The van der Waals surface area contributed by atoms with Crippen LogP contribution in [0, 0.1) is 0 Å². The first-order chi connectivity index (χ1) is 4.31. The molecule has 0 aliphatic rings. The molecule has 0 spiro atoms. The Balaban J connectivity index is 3.67. The highest BCUT2D eigenvalue weighted by Crippen LogP contribution is 1.96. The lowest BCUT2D eigenvalue weighted by Crippen LogP contribution is -1.67. The molecule has 9 heavy (non-hydrogen) atoms. The van der Waals surface area contributed by atoms with E-state index in [-0.39, 0.29) is 0 Å². The molecule has 1 nitrogen and oxygen atoms in total. The minimum atomic E-state index is 0.777. The molecule has 0 saturated heterocycles. The van der Waals surface area contributed by atoms with Crippen molar-refractivity contribution >= 4 is 6.29 Å². The minimum Gasteiger partial charge on any atom is -0.299 e. The van der Waals surface area contributed by atoms with Gasteiger partial charge >= 0.3 is 0 Å². The van der Waals surface area contributed by atoms with Crippen molar-refractivity contribution in [1.29, 1.82) is 0 Å². The van der Waals surface area contributed by atoms with Crippen LogP contribution in [-0.2, 0) is 4.79 Å². The molecule has 0 aliphatic carbocycles. The summed E-state index contributed by atoms with van der Waals surface area (Å²) in [6.07, 6.45) is 7.00. The van der Waals surface area contributed by atoms with Crippen molar-refractivity contribution in [2.75, 3.05) is 0 Å². The summed E-state index contributed by atoms with van der Waals surface area (Å²) in [5, 5.41) is 0. The molecule has 0 heterocycles. The molecule has 0 atom stereocenters. The maximum Gasteiger partial charge on any atom is 0.142 e. The summed E-state index contributed by atoms with van der Waals surface area (Å²) in [6.45, 7) is 4.12. The second kappa shape index (κ2) is 5.29. The van der Waals surface area contributed by atoms with E-state index in [0.717, 1.165) is 12.7 Å². The SMILES string of the molecule is CC/C(C)=C/C=C/C=O. The zero-order valence-electron chi connectivity index (χ0n) is 5.92. The van der Waals surface area contributed by atoms with Gasteiger partial charge < -0.3 is 0 Å². The number of hydrogen-bond acceptors (Lipinski definition) is 1. The predicted molar refractivity (Wildman–Crippen MR) is 39.3 cm³/mol. The summed E-state index contributed by atoms with van der Waals surface area (Å²) in [6, 6.07) is 0. The molecule has 50 valence electrons. The zero-order valence-corrected chi connectivity index (χ0v) is 5.92. The van der Waals surface area contributed by atoms with Crippen LogP contribution in [0.2, 0.25) is 0 Å².